The lowest BCUT2D eigenvalue weighted by atomic mass is 10.2. The highest BCUT2D eigenvalue weighted by Gasteiger charge is 2.14. The van der Waals surface area contributed by atoms with Crippen LogP contribution >= 0.6 is 11.6 Å². The number of nitrogens with zero attached hydrogens (tertiary/aromatic N) is 3. The van der Waals surface area contributed by atoms with Crippen LogP contribution in [0.15, 0.2) is 65.3 Å². The van der Waals surface area contributed by atoms with E-state index in [9.17, 15) is 4.79 Å². The molecule has 0 spiro atoms. The van der Waals surface area contributed by atoms with E-state index in [-0.39, 0.29) is 5.91 Å². The van der Waals surface area contributed by atoms with Gasteiger partial charge < -0.3 is 9.73 Å². The van der Waals surface area contributed by atoms with E-state index in [0.717, 1.165) is 0 Å². The molecule has 1 aromatic carbocycles. The Kier molecular flexibility index (Phi) is 3.87. The van der Waals surface area contributed by atoms with Gasteiger partial charge in [0.15, 0.2) is 11.2 Å². The number of benzene rings is 1. The highest BCUT2D eigenvalue weighted by atomic mass is 35.5. The number of rotatable bonds is 3. The summed E-state index contributed by atoms with van der Waals surface area (Å²) in [6.45, 7) is 0. The third kappa shape index (κ3) is 3.07. The van der Waals surface area contributed by atoms with Gasteiger partial charge in [-0.1, -0.05) is 17.7 Å². The lowest BCUT2D eigenvalue weighted by molar-refractivity contribution is 0.102. The lowest BCUT2D eigenvalue weighted by Crippen LogP contribution is -2.13. The number of fused-ring (bicyclic) bond motifs is 1. The number of aromatic nitrogens is 3. The summed E-state index contributed by atoms with van der Waals surface area (Å²) in [6, 6.07) is 13.8. The predicted molar refractivity (Wildman–Crippen MR) is 94.4 cm³/mol. The smallest absolute Gasteiger partial charge is 0.274 e. The van der Waals surface area contributed by atoms with Crippen molar-refractivity contribution in [2.24, 2.45) is 0 Å². The van der Waals surface area contributed by atoms with Gasteiger partial charge >= 0.3 is 0 Å². The van der Waals surface area contributed by atoms with Crippen LogP contribution in [0.5, 0.6) is 0 Å². The zero-order valence-corrected chi connectivity index (χ0v) is 13.6. The number of hydrogen-bond donors (Lipinski definition) is 1. The Morgan fingerprint density at radius 1 is 1.04 bits per heavy atom. The number of carbonyl (C=O) groups excluding carboxylic acids is 1. The molecule has 1 amide bonds. The van der Waals surface area contributed by atoms with Crippen molar-refractivity contribution in [2.45, 2.75) is 0 Å². The van der Waals surface area contributed by atoms with Crippen LogP contribution in [0, 0.1) is 0 Å². The van der Waals surface area contributed by atoms with Crippen LogP contribution < -0.4 is 5.32 Å². The van der Waals surface area contributed by atoms with Crippen molar-refractivity contribution >= 4 is 34.4 Å². The third-order valence-corrected chi connectivity index (χ3v) is 3.85. The maximum Gasteiger partial charge on any atom is 0.274 e. The second-order valence-electron chi connectivity index (χ2n) is 5.21. The largest absolute Gasteiger partial charge is 0.434 e. The van der Waals surface area contributed by atoms with Crippen molar-refractivity contribution in [1.29, 1.82) is 0 Å². The molecule has 122 valence electrons. The summed E-state index contributed by atoms with van der Waals surface area (Å²) in [5.74, 6) is 0.0285. The van der Waals surface area contributed by atoms with Gasteiger partial charge in [0, 0.05) is 18.1 Å². The molecular formula is C18H11ClN4O2. The molecule has 0 radical (unpaired) electrons. The van der Waals surface area contributed by atoms with Crippen molar-refractivity contribution in [3.8, 4) is 11.5 Å². The van der Waals surface area contributed by atoms with Gasteiger partial charge in [-0.2, -0.15) is 4.98 Å². The van der Waals surface area contributed by atoms with E-state index in [1.54, 1.807) is 60.9 Å². The molecular weight excluding hydrogens is 340 g/mol. The molecule has 0 saturated carbocycles. The standard InChI is InChI=1S/C18H11ClN4O2/c19-13-7-6-11(22-17(24)14-4-1-2-8-20-14)10-12(13)18-23-16-15(25-18)5-3-9-21-16/h1-10H,(H,22,24). The first-order valence-corrected chi connectivity index (χ1v) is 7.82. The molecule has 6 nitrogen and oxygen atoms in total. The predicted octanol–water partition coefficient (Wildman–Crippen LogP) is 4.19. The van der Waals surface area contributed by atoms with Crippen molar-refractivity contribution in [2.75, 3.05) is 5.32 Å². The number of nitrogens with one attached hydrogen (secondary N) is 1. The van der Waals surface area contributed by atoms with Gasteiger partial charge in [0.1, 0.15) is 5.69 Å². The van der Waals surface area contributed by atoms with Crippen LogP contribution in [0.1, 0.15) is 10.5 Å². The summed E-state index contributed by atoms with van der Waals surface area (Å²) >= 11 is 6.27. The first-order valence-electron chi connectivity index (χ1n) is 7.44. The number of anilines is 1. The highest BCUT2D eigenvalue weighted by Crippen LogP contribution is 2.31. The fraction of sp³-hybridized carbons (Fsp3) is 0. The number of carbonyl (C=O) groups is 1. The van der Waals surface area contributed by atoms with E-state index >= 15 is 0 Å². The molecule has 3 heterocycles. The molecule has 4 rings (SSSR count). The first-order chi connectivity index (χ1) is 12.2. The van der Waals surface area contributed by atoms with Crippen molar-refractivity contribution in [1.82, 2.24) is 15.0 Å². The summed E-state index contributed by atoms with van der Waals surface area (Å²) in [7, 11) is 0. The molecule has 1 N–H and O–H groups in total. The average molecular weight is 351 g/mol. The Morgan fingerprint density at radius 2 is 1.92 bits per heavy atom. The summed E-state index contributed by atoms with van der Waals surface area (Å²) in [5.41, 5.74) is 2.52. The topological polar surface area (TPSA) is 80.9 Å². The molecule has 0 aliphatic carbocycles. The number of amides is 1. The molecule has 0 atom stereocenters. The summed E-state index contributed by atoms with van der Waals surface area (Å²) in [5, 5.41) is 3.24. The molecule has 4 aromatic rings. The van der Waals surface area contributed by atoms with Gasteiger partial charge in [-0.3, -0.25) is 9.78 Å². The molecule has 25 heavy (non-hydrogen) atoms. The molecule has 0 unspecified atom stereocenters. The highest BCUT2D eigenvalue weighted by molar-refractivity contribution is 6.33. The zero-order chi connectivity index (χ0) is 17.2. The fourth-order valence-corrected chi connectivity index (χ4v) is 2.54. The Bertz CT molecular complexity index is 1030. The SMILES string of the molecule is O=C(Nc1ccc(Cl)c(-c2nc3ncccc3o2)c1)c1ccccn1. The normalized spacial score (nSPS) is 10.8. The average Bonchev–Trinajstić information content (AvgIpc) is 3.08. The van der Waals surface area contributed by atoms with Gasteiger partial charge in [-0.25, -0.2) is 4.98 Å². The molecule has 0 fully saturated rings. The van der Waals surface area contributed by atoms with Crippen LogP contribution in [-0.2, 0) is 0 Å². The molecule has 0 aliphatic heterocycles. The van der Waals surface area contributed by atoms with Gasteiger partial charge in [0.05, 0.1) is 10.6 Å². The number of oxazole rings is 1. The van der Waals surface area contributed by atoms with E-state index in [1.165, 1.54) is 0 Å². The van der Waals surface area contributed by atoms with E-state index in [4.69, 9.17) is 16.0 Å². The Hall–Kier alpha value is -3.25. The van der Waals surface area contributed by atoms with Crippen LogP contribution in [0.4, 0.5) is 5.69 Å². The number of hydrogen-bond acceptors (Lipinski definition) is 5. The van der Waals surface area contributed by atoms with Crippen molar-refractivity contribution in [3.63, 3.8) is 0 Å². The number of pyridine rings is 2. The van der Waals surface area contributed by atoms with Gasteiger partial charge in [0.2, 0.25) is 5.89 Å². The minimum Gasteiger partial charge on any atom is -0.434 e. The van der Waals surface area contributed by atoms with E-state index in [2.05, 4.69) is 20.3 Å². The summed E-state index contributed by atoms with van der Waals surface area (Å²) in [4.78, 5) is 24.7. The Morgan fingerprint density at radius 3 is 2.72 bits per heavy atom. The zero-order valence-electron chi connectivity index (χ0n) is 12.8. The van der Waals surface area contributed by atoms with E-state index < -0.39 is 0 Å². The van der Waals surface area contributed by atoms with E-state index in [1.807, 2.05) is 0 Å². The first kappa shape index (κ1) is 15.3. The second-order valence-corrected chi connectivity index (χ2v) is 5.62. The quantitative estimate of drug-likeness (QED) is 0.599. The second kappa shape index (κ2) is 6.33. The van der Waals surface area contributed by atoms with Gasteiger partial charge in [-0.05, 0) is 42.5 Å². The lowest BCUT2D eigenvalue weighted by Gasteiger charge is -2.07. The van der Waals surface area contributed by atoms with Crippen LogP contribution in [0.2, 0.25) is 5.02 Å². The van der Waals surface area contributed by atoms with Crippen LogP contribution in [0.25, 0.3) is 22.7 Å². The van der Waals surface area contributed by atoms with Crippen molar-refractivity contribution < 1.29 is 9.21 Å². The monoisotopic (exact) mass is 350 g/mol. The summed E-state index contributed by atoms with van der Waals surface area (Å²) in [6.07, 6.45) is 3.20. The van der Waals surface area contributed by atoms with Gasteiger partial charge in [0.25, 0.3) is 5.91 Å². The number of halogens is 1. The molecule has 0 saturated heterocycles. The maximum absolute atomic E-state index is 12.2. The minimum absolute atomic E-state index is 0.312. The van der Waals surface area contributed by atoms with Crippen LogP contribution in [0.3, 0.4) is 0 Å². The van der Waals surface area contributed by atoms with E-state index in [0.29, 0.717) is 39.1 Å². The van der Waals surface area contributed by atoms with Crippen molar-refractivity contribution in [3.05, 3.63) is 71.6 Å². The Balaban J connectivity index is 1.68. The third-order valence-electron chi connectivity index (χ3n) is 3.52. The van der Waals surface area contributed by atoms with Gasteiger partial charge in [-0.15, -0.1) is 0 Å². The maximum atomic E-state index is 12.2. The Labute approximate surface area is 147 Å². The molecule has 3 aromatic heterocycles. The molecule has 0 bridgehead atoms. The molecule has 0 aliphatic rings. The minimum atomic E-state index is -0.312. The fourth-order valence-electron chi connectivity index (χ4n) is 2.34. The molecule has 7 heteroatoms. The summed E-state index contributed by atoms with van der Waals surface area (Å²) < 4.78 is 5.70. The van der Waals surface area contributed by atoms with Crippen LogP contribution in [-0.4, -0.2) is 20.9 Å².